The molecule has 0 amide bonds. The first-order chi connectivity index (χ1) is 19.4. The lowest BCUT2D eigenvalue weighted by molar-refractivity contribution is -0.137. The second kappa shape index (κ2) is 11.0. The monoisotopic (exact) mass is 560 g/mol. The summed E-state index contributed by atoms with van der Waals surface area (Å²) in [6.45, 7) is 1.95. The fraction of sp³-hybridized carbons (Fsp3) is 0.367. The second-order valence-electron chi connectivity index (χ2n) is 10.6. The predicted molar refractivity (Wildman–Crippen MR) is 150 cm³/mol. The van der Waals surface area contributed by atoms with Crippen LogP contribution in [0, 0.1) is 0 Å². The summed E-state index contributed by atoms with van der Waals surface area (Å²) in [7, 11) is -3.70. The zero-order chi connectivity index (χ0) is 27.7. The molecule has 0 spiro atoms. The van der Waals surface area contributed by atoms with Crippen LogP contribution in [0.4, 0.5) is 0 Å². The van der Waals surface area contributed by atoms with Gasteiger partial charge in [0.15, 0.2) is 0 Å². The number of aryl methyl sites for hydroxylation is 1. The van der Waals surface area contributed by atoms with Gasteiger partial charge in [0, 0.05) is 25.6 Å². The molecule has 2 atom stereocenters. The summed E-state index contributed by atoms with van der Waals surface area (Å²) in [5.74, 6) is -0.650. The Balaban J connectivity index is 1.39. The topological polar surface area (TPSA) is 115 Å². The van der Waals surface area contributed by atoms with Gasteiger partial charge in [0.05, 0.1) is 23.4 Å². The van der Waals surface area contributed by atoms with Gasteiger partial charge in [0.25, 0.3) is 0 Å². The van der Waals surface area contributed by atoms with E-state index in [0.717, 1.165) is 65.5 Å². The fourth-order valence-electron chi connectivity index (χ4n) is 5.71. The summed E-state index contributed by atoms with van der Waals surface area (Å²) < 4.78 is 36.3. The van der Waals surface area contributed by atoms with E-state index >= 15 is 0 Å². The first-order valence-corrected chi connectivity index (χ1v) is 15.2. The minimum absolute atomic E-state index is 0.0884. The van der Waals surface area contributed by atoms with Gasteiger partial charge in [-0.2, -0.15) is 4.31 Å². The van der Waals surface area contributed by atoms with Gasteiger partial charge in [-0.3, -0.25) is 4.79 Å². The van der Waals surface area contributed by atoms with Crippen molar-refractivity contribution in [3.8, 4) is 5.75 Å². The van der Waals surface area contributed by atoms with Crippen molar-refractivity contribution in [3.63, 3.8) is 0 Å². The molecule has 0 saturated heterocycles. The van der Waals surface area contributed by atoms with Crippen LogP contribution in [0.5, 0.6) is 5.75 Å². The third kappa shape index (κ3) is 5.33. The highest BCUT2D eigenvalue weighted by molar-refractivity contribution is 7.89. The van der Waals surface area contributed by atoms with Crippen molar-refractivity contribution in [2.45, 2.75) is 62.4 Å². The van der Waals surface area contributed by atoms with E-state index in [1.807, 2.05) is 41.1 Å². The summed E-state index contributed by atoms with van der Waals surface area (Å²) in [6.07, 6.45) is 4.40. The van der Waals surface area contributed by atoms with E-state index in [9.17, 15) is 18.3 Å². The Kier molecular flexibility index (Phi) is 7.29. The van der Waals surface area contributed by atoms with Crippen molar-refractivity contribution >= 4 is 27.0 Å². The first kappa shape index (κ1) is 26.5. The molecule has 1 aromatic heterocycles. The van der Waals surface area contributed by atoms with E-state index in [0.29, 0.717) is 25.3 Å². The van der Waals surface area contributed by atoms with Crippen molar-refractivity contribution in [1.82, 2.24) is 19.3 Å². The molecular formula is C30H32N4O5S. The van der Waals surface area contributed by atoms with Gasteiger partial charge >= 0.3 is 5.97 Å². The van der Waals surface area contributed by atoms with Gasteiger partial charge in [0.2, 0.25) is 10.0 Å². The largest absolute Gasteiger partial charge is 0.494 e. The highest BCUT2D eigenvalue weighted by Gasteiger charge is 2.29. The second-order valence-corrected chi connectivity index (χ2v) is 12.5. The van der Waals surface area contributed by atoms with Gasteiger partial charge < -0.3 is 9.84 Å². The normalized spacial score (nSPS) is 21.0. The summed E-state index contributed by atoms with van der Waals surface area (Å²) in [5.41, 5.74) is 5.33. The number of aromatic nitrogens is 3. The maximum absolute atomic E-state index is 13.5. The quantitative estimate of drug-likeness (QED) is 0.377. The lowest BCUT2D eigenvalue weighted by Gasteiger charge is -2.29. The number of carbonyl (C=O) groups is 1. The number of carboxylic acid groups (broad SMARTS) is 1. The standard InChI is InChI=1S/C30H32N4O5S/c35-30(36)19-27-22-6-5-21-13-15-33(20-24(21)17-22)40(37,38)26-10-8-25(9-11-26)39-16-4-2-1-3-14-34-29-12-7-23(27)18-28(29)31-32-34/h5-12,17-18,27H,1-4,13-16,19-20H2,(H,35,36). The molecule has 0 saturated carbocycles. The van der Waals surface area contributed by atoms with Crippen molar-refractivity contribution in [3.05, 3.63) is 82.9 Å². The van der Waals surface area contributed by atoms with Gasteiger partial charge in [-0.05, 0) is 84.3 Å². The van der Waals surface area contributed by atoms with E-state index < -0.39 is 21.9 Å². The zero-order valence-corrected chi connectivity index (χ0v) is 23.0. The third-order valence-corrected chi connectivity index (χ3v) is 9.78. The Bertz CT molecular complexity index is 1650. The smallest absolute Gasteiger partial charge is 0.304 e. The van der Waals surface area contributed by atoms with E-state index in [2.05, 4.69) is 10.3 Å². The first-order valence-electron chi connectivity index (χ1n) is 13.8. The van der Waals surface area contributed by atoms with Crippen LogP contribution in [0.15, 0.2) is 65.6 Å². The lowest BCUT2D eigenvalue weighted by atomic mass is 9.85. The molecule has 9 rings (SSSR count). The molecule has 0 fully saturated rings. The molecule has 9 bridgehead atoms. The molecular weight excluding hydrogens is 528 g/mol. The van der Waals surface area contributed by atoms with Crippen LogP contribution in [0.25, 0.3) is 11.0 Å². The van der Waals surface area contributed by atoms with E-state index in [-0.39, 0.29) is 17.9 Å². The number of nitrogens with zero attached hydrogens (tertiary/aromatic N) is 4. The van der Waals surface area contributed by atoms with Crippen LogP contribution in [0.2, 0.25) is 0 Å². The molecule has 40 heavy (non-hydrogen) atoms. The Morgan fingerprint density at radius 2 is 1.70 bits per heavy atom. The maximum Gasteiger partial charge on any atom is 0.304 e. The Hall–Kier alpha value is -3.76. The van der Waals surface area contributed by atoms with Crippen molar-refractivity contribution in [1.29, 1.82) is 0 Å². The van der Waals surface area contributed by atoms with E-state index in [1.54, 1.807) is 24.3 Å². The average molecular weight is 561 g/mol. The highest BCUT2D eigenvalue weighted by Crippen LogP contribution is 2.34. The third-order valence-electron chi connectivity index (χ3n) is 7.92. The summed E-state index contributed by atoms with van der Waals surface area (Å²) in [6, 6.07) is 18.5. The number of benzene rings is 3. The summed E-state index contributed by atoms with van der Waals surface area (Å²) >= 11 is 0. The van der Waals surface area contributed by atoms with Crippen LogP contribution in [-0.4, -0.2) is 51.9 Å². The number of aliphatic carboxylic acids is 1. The SMILES string of the molecule is O=C(O)CC1c2ccc3c(c2)CN(CC3)S(=O)(=O)c2ccc(cc2)OCCCCCCn2nnc3cc1ccc32. The fourth-order valence-corrected chi connectivity index (χ4v) is 7.13. The Morgan fingerprint density at radius 1 is 0.925 bits per heavy atom. The summed E-state index contributed by atoms with van der Waals surface area (Å²) in [4.78, 5) is 12.2. The molecule has 3 aromatic carbocycles. The van der Waals surface area contributed by atoms with E-state index in [1.165, 1.54) is 4.31 Å². The number of hydrogen-bond acceptors (Lipinski definition) is 6. The van der Waals surface area contributed by atoms with Crippen LogP contribution in [-0.2, 0) is 34.3 Å². The number of rotatable bonds is 2. The van der Waals surface area contributed by atoms with Crippen LogP contribution in [0.3, 0.4) is 0 Å². The molecule has 2 unspecified atom stereocenters. The van der Waals surface area contributed by atoms with Crippen molar-refractivity contribution in [2.75, 3.05) is 13.2 Å². The molecule has 0 aliphatic carbocycles. The maximum atomic E-state index is 13.5. The molecule has 10 heteroatoms. The van der Waals surface area contributed by atoms with Crippen LogP contribution < -0.4 is 4.74 Å². The zero-order valence-electron chi connectivity index (χ0n) is 22.2. The Labute approximate surface area is 233 Å². The number of carboxylic acids is 1. The average Bonchev–Trinajstić information content (AvgIpc) is 3.36. The van der Waals surface area contributed by atoms with E-state index in [4.69, 9.17) is 4.74 Å². The predicted octanol–water partition coefficient (Wildman–Crippen LogP) is 4.74. The van der Waals surface area contributed by atoms with Gasteiger partial charge in [-0.15, -0.1) is 5.10 Å². The van der Waals surface area contributed by atoms with Crippen molar-refractivity contribution in [2.24, 2.45) is 0 Å². The highest BCUT2D eigenvalue weighted by atomic mass is 32.2. The molecule has 5 aliphatic heterocycles. The van der Waals surface area contributed by atoms with Gasteiger partial charge in [-0.25, -0.2) is 13.1 Å². The summed E-state index contributed by atoms with van der Waals surface area (Å²) in [5, 5.41) is 18.5. The van der Waals surface area contributed by atoms with Gasteiger partial charge in [-0.1, -0.05) is 35.9 Å². The Morgan fingerprint density at radius 3 is 2.52 bits per heavy atom. The number of hydrogen-bond donors (Lipinski definition) is 1. The lowest BCUT2D eigenvalue weighted by Crippen LogP contribution is -2.36. The van der Waals surface area contributed by atoms with Gasteiger partial charge in [0.1, 0.15) is 11.3 Å². The molecule has 0 radical (unpaired) electrons. The van der Waals surface area contributed by atoms with Crippen LogP contribution in [0.1, 0.15) is 60.3 Å². The number of sulfonamides is 1. The number of ether oxygens (including phenoxy) is 1. The van der Waals surface area contributed by atoms with Crippen molar-refractivity contribution < 1.29 is 23.1 Å². The molecule has 9 nitrogen and oxygen atoms in total. The molecule has 5 aliphatic rings. The molecule has 6 heterocycles. The molecule has 208 valence electrons. The van der Waals surface area contributed by atoms with Crippen LogP contribution >= 0.6 is 0 Å². The molecule has 1 N–H and O–H groups in total. The minimum atomic E-state index is -3.70. The molecule has 4 aromatic rings. The minimum Gasteiger partial charge on any atom is -0.494 e.